The van der Waals surface area contributed by atoms with E-state index >= 15 is 0 Å². The maximum absolute atomic E-state index is 14.0. The molecule has 0 aliphatic heterocycles. The molecule has 0 aromatic heterocycles. The third-order valence-corrected chi connectivity index (χ3v) is 13.4. The molecular weight excluding hydrogens is 560 g/mol. The van der Waals surface area contributed by atoms with Crippen molar-refractivity contribution in [3.63, 3.8) is 0 Å². The third kappa shape index (κ3) is 4.63. The number of Topliss-reactive ketones (excluding diaryl/α,β-unsaturated/α-hetero) is 1. The van der Waals surface area contributed by atoms with Crippen LogP contribution in [0.25, 0.3) is 0 Å². The molecule has 0 bridgehead atoms. The molecule has 2 spiro atoms. The molecule has 3 unspecified atom stereocenters. The van der Waals surface area contributed by atoms with E-state index in [9.17, 15) is 24.0 Å². The predicted molar refractivity (Wildman–Crippen MR) is 163 cm³/mol. The molecule has 0 saturated heterocycles. The average Bonchev–Trinajstić information content (AvgIpc) is 3.55. The molecule has 5 aliphatic rings. The molecule has 0 amide bonds. The molecule has 8 nitrogen and oxygen atoms in total. The molecule has 8 heteroatoms. The Morgan fingerprint density at radius 3 is 2.30 bits per heavy atom. The summed E-state index contributed by atoms with van der Waals surface area (Å²) in [6.45, 7) is 18.5. The summed E-state index contributed by atoms with van der Waals surface area (Å²) in [5.41, 5.74) is -0.0866. The van der Waals surface area contributed by atoms with Crippen LogP contribution in [-0.4, -0.2) is 48.3 Å². The number of ether oxygens (including phenoxy) is 3. The van der Waals surface area contributed by atoms with E-state index < -0.39 is 41.8 Å². The van der Waals surface area contributed by atoms with Gasteiger partial charge in [-0.15, -0.1) is 0 Å². The van der Waals surface area contributed by atoms with Gasteiger partial charge in [0, 0.05) is 44.4 Å². The summed E-state index contributed by atoms with van der Waals surface area (Å²) < 4.78 is 17.0. The summed E-state index contributed by atoms with van der Waals surface area (Å²) in [6, 6.07) is 0. The van der Waals surface area contributed by atoms with Crippen molar-refractivity contribution in [2.45, 2.75) is 106 Å². The van der Waals surface area contributed by atoms with Crippen LogP contribution >= 0.6 is 0 Å². The van der Waals surface area contributed by atoms with Crippen molar-refractivity contribution in [3.05, 3.63) is 24.3 Å². The number of carbonyl (C=O) groups is 5. The number of esters is 3. The van der Waals surface area contributed by atoms with Crippen LogP contribution in [0.2, 0.25) is 0 Å². The number of ketones is 2. The number of fused-ring (bicyclic) bond motifs is 2. The summed E-state index contributed by atoms with van der Waals surface area (Å²) in [5.74, 6) is -1.92. The van der Waals surface area contributed by atoms with Crippen molar-refractivity contribution in [2.24, 2.45) is 57.2 Å². The fraction of sp³-hybridized carbons (Fsp3) is 0.750. The van der Waals surface area contributed by atoms with Gasteiger partial charge in [0.25, 0.3) is 0 Å². The molecular formula is C36H50O8. The Labute approximate surface area is 261 Å². The predicted octanol–water partition coefficient (Wildman–Crippen LogP) is 5.81. The SMILES string of the molecule is C=C(C(=O)[C@H](OC(C)=O)C(C)[C@H]1[C@@H](OC(C)=O)C[C@@]2(C)[C@@H]3CC[C@H]4[C@H](C)C(=O)C=CC45CC35CC[C@]12C)[C@@H](C)COC(C)=O. The zero-order chi connectivity index (χ0) is 32.6. The highest BCUT2D eigenvalue weighted by Crippen LogP contribution is 2.87. The first kappa shape index (κ1) is 32.6. The minimum absolute atomic E-state index is 0.00152. The van der Waals surface area contributed by atoms with Gasteiger partial charge in [-0.05, 0) is 83.7 Å². The number of hydrogen-bond donors (Lipinski definition) is 0. The van der Waals surface area contributed by atoms with E-state index in [2.05, 4.69) is 33.4 Å². The van der Waals surface area contributed by atoms with Crippen molar-refractivity contribution in [1.29, 1.82) is 0 Å². The van der Waals surface area contributed by atoms with Crippen LogP contribution in [0.15, 0.2) is 24.3 Å². The lowest BCUT2D eigenvalue weighted by atomic mass is 9.43. The minimum Gasteiger partial charge on any atom is -0.465 e. The zero-order valence-electron chi connectivity index (χ0n) is 27.7. The monoisotopic (exact) mass is 610 g/mol. The Morgan fingerprint density at radius 2 is 1.68 bits per heavy atom. The van der Waals surface area contributed by atoms with E-state index in [1.807, 2.05) is 13.0 Å². The van der Waals surface area contributed by atoms with Gasteiger partial charge in [-0.3, -0.25) is 24.0 Å². The van der Waals surface area contributed by atoms with Crippen LogP contribution in [0.1, 0.15) is 93.9 Å². The first-order valence-corrected chi connectivity index (χ1v) is 16.4. The van der Waals surface area contributed by atoms with Crippen LogP contribution in [0.5, 0.6) is 0 Å². The summed E-state index contributed by atoms with van der Waals surface area (Å²) in [6.07, 6.45) is 8.22. The molecule has 5 aliphatic carbocycles. The van der Waals surface area contributed by atoms with E-state index in [1.54, 1.807) is 6.92 Å². The Morgan fingerprint density at radius 1 is 1.00 bits per heavy atom. The number of rotatable bonds is 9. The smallest absolute Gasteiger partial charge is 0.303 e. The molecule has 0 aromatic carbocycles. The Kier molecular flexibility index (Phi) is 8.11. The van der Waals surface area contributed by atoms with Crippen LogP contribution in [0, 0.1) is 57.2 Å². The molecule has 0 N–H and O–H groups in total. The van der Waals surface area contributed by atoms with Crippen molar-refractivity contribution in [3.8, 4) is 0 Å². The van der Waals surface area contributed by atoms with Gasteiger partial charge in [-0.1, -0.05) is 47.3 Å². The molecule has 0 heterocycles. The third-order valence-electron chi connectivity index (χ3n) is 13.4. The van der Waals surface area contributed by atoms with Gasteiger partial charge < -0.3 is 14.2 Å². The first-order chi connectivity index (χ1) is 20.5. The molecule has 0 aromatic rings. The number of hydrogen-bond acceptors (Lipinski definition) is 8. The maximum atomic E-state index is 14.0. The second kappa shape index (κ2) is 10.9. The summed E-state index contributed by atoms with van der Waals surface area (Å²) in [5, 5.41) is 0. The molecule has 4 fully saturated rings. The normalized spacial score (nSPS) is 41.9. The number of allylic oxidation sites excluding steroid dienone is 2. The van der Waals surface area contributed by atoms with Gasteiger partial charge in [0.1, 0.15) is 6.10 Å². The van der Waals surface area contributed by atoms with Crippen molar-refractivity contribution < 1.29 is 38.2 Å². The van der Waals surface area contributed by atoms with Gasteiger partial charge in [0.15, 0.2) is 17.7 Å². The van der Waals surface area contributed by atoms with Crippen molar-refractivity contribution in [1.82, 2.24) is 0 Å². The Bertz CT molecular complexity index is 1310. The number of carbonyl (C=O) groups excluding carboxylic acids is 5. The van der Waals surface area contributed by atoms with Gasteiger partial charge in [0.2, 0.25) is 0 Å². The van der Waals surface area contributed by atoms with Gasteiger partial charge in [-0.2, -0.15) is 0 Å². The van der Waals surface area contributed by atoms with Gasteiger partial charge in [-0.25, -0.2) is 0 Å². The van der Waals surface area contributed by atoms with Crippen molar-refractivity contribution in [2.75, 3.05) is 6.61 Å². The highest BCUT2D eigenvalue weighted by Gasteiger charge is 2.81. The topological polar surface area (TPSA) is 113 Å². The van der Waals surface area contributed by atoms with Gasteiger partial charge in [0.05, 0.1) is 6.61 Å². The summed E-state index contributed by atoms with van der Waals surface area (Å²) in [7, 11) is 0. The van der Waals surface area contributed by atoms with E-state index in [0.717, 1.165) is 32.1 Å². The van der Waals surface area contributed by atoms with E-state index in [0.29, 0.717) is 18.3 Å². The van der Waals surface area contributed by atoms with E-state index in [1.165, 1.54) is 20.8 Å². The Balaban J connectivity index is 1.50. The zero-order valence-corrected chi connectivity index (χ0v) is 27.7. The first-order valence-electron chi connectivity index (χ1n) is 16.4. The molecule has 44 heavy (non-hydrogen) atoms. The Hall–Kier alpha value is -2.77. The lowest BCUT2D eigenvalue weighted by Gasteiger charge is -2.61. The second-order valence-electron chi connectivity index (χ2n) is 15.3. The second-order valence-corrected chi connectivity index (χ2v) is 15.3. The largest absolute Gasteiger partial charge is 0.465 e. The fourth-order valence-electron chi connectivity index (χ4n) is 11.2. The van der Waals surface area contributed by atoms with Crippen molar-refractivity contribution >= 4 is 29.5 Å². The van der Waals surface area contributed by atoms with Crippen LogP contribution in [0.4, 0.5) is 0 Å². The minimum atomic E-state index is -1.12. The highest BCUT2D eigenvalue weighted by atomic mass is 16.6. The standard InChI is InChI=1S/C36H50O8/c1-19(17-42-23(5)37)20(2)31(41)32(44-25(7)39)22(4)30-28(43-24(6)38)16-34(9)29-11-10-26-21(3)27(40)12-13-35(26)18-36(29,35)15-14-33(30,34)8/h12-13,19,21-22,26,28-30,32H,2,10-11,14-18H2,1,3-9H3/t19-,21-,22?,26-,28-,29-,30-,32+,33+,34-,35?,36?/m0/s1. The molecule has 12 atom stereocenters. The lowest BCUT2D eigenvalue weighted by molar-refractivity contribution is -0.166. The van der Waals surface area contributed by atoms with E-state index in [-0.39, 0.29) is 57.4 Å². The van der Waals surface area contributed by atoms with E-state index in [4.69, 9.17) is 14.2 Å². The maximum Gasteiger partial charge on any atom is 0.303 e. The fourth-order valence-corrected chi connectivity index (χ4v) is 11.2. The van der Waals surface area contributed by atoms with Gasteiger partial charge >= 0.3 is 17.9 Å². The van der Waals surface area contributed by atoms with Crippen LogP contribution in [0.3, 0.4) is 0 Å². The quantitative estimate of drug-likeness (QED) is 0.183. The highest BCUT2D eigenvalue weighted by molar-refractivity contribution is 6.00. The molecule has 4 saturated carbocycles. The van der Waals surface area contributed by atoms with Crippen LogP contribution in [-0.2, 0) is 38.2 Å². The summed E-state index contributed by atoms with van der Waals surface area (Å²) in [4.78, 5) is 62.9. The van der Waals surface area contributed by atoms with Crippen LogP contribution < -0.4 is 0 Å². The average molecular weight is 611 g/mol. The summed E-state index contributed by atoms with van der Waals surface area (Å²) >= 11 is 0. The molecule has 0 radical (unpaired) electrons. The molecule has 242 valence electrons. The molecule has 5 rings (SSSR count). The lowest BCUT2D eigenvalue weighted by Crippen LogP contribution is -2.56.